The molecule has 0 aliphatic rings. The molecule has 3 aromatic heterocycles. The van der Waals surface area contributed by atoms with Gasteiger partial charge in [0, 0.05) is 47.4 Å². The third-order valence-electron chi connectivity index (χ3n) is 8.11. The molecule has 0 amide bonds. The SMILES string of the molecule is c1ccc2c(c1)sc1ccc(-n3c4ccccc4c4cccc(-n5c6ccccc6c6ccccc65)c43)cc12. The van der Waals surface area contributed by atoms with E-state index in [2.05, 4.69) is 143 Å². The first-order chi connectivity index (χ1) is 19.4. The number of fused-ring (bicyclic) bond motifs is 9. The molecular formula is C36H22N2S. The molecule has 0 aliphatic carbocycles. The highest BCUT2D eigenvalue weighted by molar-refractivity contribution is 7.25. The molecular weight excluding hydrogens is 492 g/mol. The summed E-state index contributed by atoms with van der Waals surface area (Å²) < 4.78 is 7.57. The molecule has 0 atom stereocenters. The van der Waals surface area contributed by atoms with Crippen LogP contribution in [0.3, 0.4) is 0 Å². The van der Waals surface area contributed by atoms with Crippen molar-refractivity contribution >= 4 is 75.1 Å². The predicted molar refractivity (Wildman–Crippen MR) is 168 cm³/mol. The number of hydrogen-bond donors (Lipinski definition) is 0. The van der Waals surface area contributed by atoms with Crippen LogP contribution in [0.5, 0.6) is 0 Å². The van der Waals surface area contributed by atoms with Gasteiger partial charge in [-0.1, -0.05) is 84.9 Å². The van der Waals surface area contributed by atoms with Crippen molar-refractivity contribution in [3.8, 4) is 11.4 Å². The highest BCUT2D eigenvalue weighted by Gasteiger charge is 2.20. The van der Waals surface area contributed by atoms with Crippen molar-refractivity contribution in [2.45, 2.75) is 0 Å². The van der Waals surface area contributed by atoms with Crippen LogP contribution < -0.4 is 0 Å². The zero-order chi connectivity index (χ0) is 25.5. The van der Waals surface area contributed by atoms with E-state index in [-0.39, 0.29) is 0 Å². The van der Waals surface area contributed by atoms with Gasteiger partial charge in [0.2, 0.25) is 0 Å². The quantitative estimate of drug-likeness (QED) is 0.217. The molecule has 0 saturated carbocycles. The van der Waals surface area contributed by atoms with Crippen molar-refractivity contribution in [1.82, 2.24) is 9.13 Å². The second-order valence-corrected chi connectivity index (χ2v) is 11.3. The maximum absolute atomic E-state index is 2.47. The summed E-state index contributed by atoms with van der Waals surface area (Å²) in [6.07, 6.45) is 0. The van der Waals surface area contributed by atoms with Gasteiger partial charge in [-0.2, -0.15) is 0 Å². The second kappa shape index (κ2) is 7.83. The Morgan fingerprint density at radius 2 is 0.923 bits per heavy atom. The second-order valence-electron chi connectivity index (χ2n) is 10.2. The Bertz CT molecular complexity index is 2350. The number of para-hydroxylation sites is 4. The fourth-order valence-electron chi connectivity index (χ4n) is 6.48. The highest BCUT2D eigenvalue weighted by atomic mass is 32.1. The maximum atomic E-state index is 2.47. The summed E-state index contributed by atoms with van der Waals surface area (Å²) in [5, 5.41) is 7.72. The van der Waals surface area contributed by atoms with Gasteiger partial charge in [-0.25, -0.2) is 0 Å². The highest BCUT2D eigenvalue weighted by Crippen LogP contribution is 2.41. The van der Waals surface area contributed by atoms with Crippen molar-refractivity contribution in [3.05, 3.63) is 133 Å². The molecule has 3 heteroatoms. The molecule has 182 valence electrons. The van der Waals surface area contributed by atoms with Gasteiger partial charge in [-0.05, 0) is 48.5 Å². The Hall–Kier alpha value is -4.86. The molecule has 0 unspecified atom stereocenters. The lowest BCUT2D eigenvalue weighted by Gasteiger charge is -2.14. The Kier molecular flexibility index (Phi) is 4.24. The van der Waals surface area contributed by atoms with Gasteiger partial charge < -0.3 is 9.13 Å². The fourth-order valence-corrected chi connectivity index (χ4v) is 7.57. The van der Waals surface area contributed by atoms with E-state index in [4.69, 9.17) is 0 Å². The summed E-state index contributed by atoms with van der Waals surface area (Å²) in [4.78, 5) is 0. The summed E-state index contributed by atoms with van der Waals surface area (Å²) in [5.41, 5.74) is 7.27. The first-order valence-electron chi connectivity index (χ1n) is 13.3. The third-order valence-corrected chi connectivity index (χ3v) is 9.26. The van der Waals surface area contributed by atoms with Gasteiger partial charge >= 0.3 is 0 Å². The van der Waals surface area contributed by atoms with Gasteiger partial charge in [-0.15, -0.1) is 11.3 Å². The van der Waals surface area contributed by atoms with E-state index in [0.29, 0.717) is 0 Å². The van der Waals surface area contributed by atoms with Crippen LogP contribution in [-0.4, -0.2) is 9.13 Å². The molecule has 39 heavy (non-hydrogen) atoms. The molecule has 3 heterocycles. The van der Waals surface area contributed by atoms with E-state index >= 15 is 0 Å². The molecule has 0 spiro atoms. The summed E-state index contributed by atoms with van der Waals surface area (Å²) in [6.45, 7) is 0. The Balaban J connectivity index is 1.46. The predicted octanol–water partition coefficient (Wildman–Crippen LogP) is 10.2. The van der Waals surface area contributed by atoms with E-state index in [0.717, 1.165) is 0 Å². The van der Waals surface area contributed by atoms with Crippen molar-refractivity contribution < 1.29 is 0 Å². The van der Waals surface area contributed by atoms with Gasteiger partial charge in [-0.3, -0.25) is 0 Å². The van der Waals surface area contributed by atoms with Crippen LogP contribution in [0.2, 0.25) is 0 Å². The molecule has 0 aliphatic heterocycles. The number of benzene rings is 6. The summed E-state index contributed by atoms with van der Waals surface area (Å²) in [6, 6.07) is 48.7. The van der Waals surface area contributed by atoms with Crippen LogP contribution in [0.4, 0.5) is 0 Å². The minimum atomic E-state index is 1.19. The van der Waals surface area contributed by atoms with Gasteiger partial charge in [0.1, 0.15) is 0 Å². The van der Waals surface area contributed by atoms with E-state index in [1.807, 2.05) is 11.3 Å². The van der Waals surface area contributed by atoms with E-state index in [1.165, 1.54) is 75.2 Å². The van der Waals surface area contributed by atoms with Gasteiger partial charge in [0.15, 0.2) is 0 Å². The lowest BCUT2D eigenvalue weighted by molar-refractivity contribution is 1.13. The van der Waals surface area contributed by atoms with Crippen LogP contribution >= 0.6 is 11.3 Å². The molecule has 9 aromatic rings. The Labute approximate surface area is 228 Å². The number of aromatic nitrogens is 2. The lowest BCUT2D eigenvalue weighted by Crippen LogP contribution is -2.00. The molecule has 0 radical (unpaired) electrons. The van der Waals surface area contributed by atoms with Crippen molar-refractivity contribution in [1.29, 1.82) is 0 Å². The Morgan fingerprint density at radius 3 is 1.64 bits per heavy atom. The largest absolute Gasteiger partial charge is 0.307 e. The van der Waals surface area contributed by atoms with E-state index in [1.54, 1.807) is 0 Å². The van der Waals surface area contributed by atoms with Crippen molar-refractivity contribution in [2.24, 2.45) is 0 Å². The molecule has 0 bridgehead atoms. The van der Waals surface area contributed by atoms with Gasteiger partial charge in [0.25, 0.3) is 0 Å². The fraction of sp³-hybridized carbons (Fsp3) is 0. The standard InChI is InChI=1S/C36H22N2S/c1-6-16-31-24(10-1)25-11-2-7-17-32(25)38(31)33-18-9-14-28-26-12-3-5-15-30(26)37(36(28)33)23-20-21-35-29(22-23)27-13-4-8-19-34(27)39-35/h1-22H. The number of hydrogen-bond acceptors (Lipinski definition) is 1. The summed E-state index contributed by atoms with van der Waals surface area (Å²) >= 11 is 1.87. The molecule has 9 rings (SSSR count). The number of nitrogens with zero attached hydrogens (tertiary/aromatic N) is 2. The summed E-state index contributed by atoms with van der Waals surface area (Å²) in [7, 11) is 0. The van der Waals surface area contributed by atoms with Crippen molar-refractivity contribution in [3.63, 3.8) is 0 Å². The molecule has 2 nitrogen and oxygen atoms in total. The monoisotopic (exact) mass is 514 g/mol. The Morgan fingerprint density at radius 1 is 0.385 bits per heavy atom. The van der Waals surface area contributed by atoms with E-state index in [9.17, 15) is 0 Å². The van der Waals surface area contributed by atoms with E-state index < -0.39 is 0 Å². The van der Waals surface area contributed by atoms with Crippen LogP contribution in [0.15, 0.2) is 133 Å². The molecule has 0 saturated heterocycles. The molecule has 6 aromatic carbocycles. The van der Waals surface area contributed by atoms with Crippen molar-refractivity contribution in [2.75, 3.05) is 0 Å². The van der Waals surface area contributed by atoms with Crippen LogP contribution in [0.25, 0.3) is 75.2 Å². The smallest absolute Gasteiger partial charge is 0.0782 e. The zero-order valence-corrected chi connectivity index (χ0v) is 21.8. The van der Waals surface area contributed by atoms with Crippen LogP contribution in [-0.2, 0) is 0 Å². The van der Waals surface area contributed by atoms with Gasteiger partial charge in [0.05, 0.1) is 27.8 Å². The molecule has 0 fully saturated rings. The normalized spacial score (nSPS) is 12.1. The molecule has 0 N–H and O–H groups in total. The average molecular weight is 515 g/mol. The zero-order valence-electron chi connectivity index (χ0n) is 21.0. The summed E-state index contributed by atoms with van der Waals surface area (Å²) in [5.74, 6) is 0. The minimum Gasteiger partial charge on any atom is -0.307 e. The van der Waals surface area contributed by atoms with Crippen LogP contribution in [0, 0.1) is 0 Å². The minimum absolute atomic E-state index is 1.19. The maximum Gasteiger partial charge on any atom is 0.0782 e. The third kappa shape index (κ3) is 2.85. The van der Waals surface area contributed by atoms with Crippen LogP contribution in [0.1, 0.15) is 0 Å². The average Bonchev–Trinajstić information content (AvgIpc) is 3.65. The number of rotatable bonds is 2. The lowest BCUT2D eigenvalue weighted by atomic mass is 10.1. The first-order valence-corrected chi connectivity index (χ1v) is 14.1. The topological polar surface area (TPSA) is 9.86 Å². The number of thiophene rings is 1. The first kappa shape index (κ1) is 21.1.